The Hall–Kier alpha value is -2.60. The maximum Gasteiger partial charge on any atom is 0.242 e. The summed E-state index contributed by atoms with van der Waals surface area (Å²) in [5, 5.41) is 8.28. The summed E-state index contributed by atoms with van der Waals surface area (Å²) in [5.41, 5.74) is 3.70. The molecule has 3 heterocycles. The number of aromatic nitrogens is 2. The van der Waals surface area contributed by atoms with Crippen molar-refractivity contribution in [3.05, 3.63) is 58.5 Å². The zero-order chi connectivity index (χ0) is 16.5. The van der Waals surface area contributed by atoms with Gasteiger partial charge in [0.15, 0.2) is 0 Å². The smallest absolute Gasteiger partial charge is 0.242 e. The normalized spacial score (nSPS) is 17.3. The molecule has 6 heteroatoms. The molecule has 2 aromatic heterocycles. The van der Waals surface area contributed by atoms with Crippen molar-refractivity contribution < 1.29 is 4.79 Å². The van der Waals surface area contributed by atoms with E-state index in [1.807, 2.05) is 42.6 Å². The second-order valence-corrected chi connectivity index (χ2v) is 6.59. The molecule has 0 aliphatic carbocycles. The summed E-state index contributed by atoms with van der Waals surface area (Å²) < 4.78 is 0. The minimum atomic E-state index is -0.0824. The number of carbonyl (C=O) groups excluding carboxylic acids is 1. The van der Waals surface area contributed by atoms with E-state index in [2.05, 4.69) is 15.1 Å². The van der Waals surface area contributed by atoms with E-state index in [0.29, 0.717) is 6.42 Å². The van der Waals surface area contributed by atoms with Crippen LogP contribution in [-0.4, -0.2) is 26.6 Å². The van der Waals surface area contributed by atoms with Crippen LogP contribution >= 0.6 is 11.3 Å². The van der Waals surface area contributed by atoms with Crippen molar-refractivity contribution in [1.29, 1.82) is 0 Å². The molecule has 0 radical (unpaired) electrons. The van der Waals surface area contributed by atoms with Gasteiger partial charge in [0.25, 0.3) is 0 Å². The molecule has 1 amide bonds. The fraction of sp³-hybridized carbons (Fsp3) is 0.222. The number of hydrogen-bond donors (Lipinski definition) is 0. The maximum atomic E-state index is 12.4. The van der Waals surface area contributed by atoms with Crippen LogP contribution in [0.5, 0.6) is 0 Å². The minimum Gasteiger partial charge on any atom is -0.273 e. The Morgan fingerprint density at radius 2 is 2.08 bits per heavy atom. The van der Waals surface area contributed by atoms with Crippen molar-refractivity contribution in [2.45, 2.75) is 25.8 Å². The van der Waals surface area contributed by atoms with Gasteiger partial charge in [-0.3, -0.25) is 14.8 Å². The molecule has 4 rings (SSSR count). The summed E-state index contributed by atoms with van der Waals surface area (Å²) in [4.78, 5) is 22.2. The van der Waals surface area contributed by atoms with Crippen LogP contribution in [0.25, 0.3) is 11.0 Å². The van der Waals surface area contributed by atoms with E-state index >= 15 is 0 Å². The first-order chi connectivity index (χ1) is 11.8. The second kappa shape index (κ2) is 6.13. The van der Waals surface area contributed by atoms with Crippen molar-refractivity contribution in [3.63, 3.8) is 0 Å². The molecule has 0 fully saturated rings. The average molecular weight is 336 g/mol. The van der Waals surface area contributed by atoms with Gasteiger partial charge in [-0.05, 0) is 29.1 Å². The molecular formula is C18H16N4OS. The first kappa shape index (κ1) is 15.0. The number of rotatable bonds is 3. The summed E-state index contributed by atoms with van der Waals surface area (Å²) in [6.07, 6.45) is 4.52. The number of nitrogens with zero attached hydrogens (tertiary/aromatic N) is 4. The fourth-order valence-corrected chi connectivity index (χ4v) is 3.66. The maximum absolute atomic E-state index is 12.4. The van der Waals surface area contributed by atoms with Crippen LogP contribution in [0, 0.1) is 0 Å². The second-order valence-electron chi connectivity index (χ2n) is 5.64. The number of carbonyl (C=O) groups is 1. The predicted molar refractivity (Wildman–Crippen MR) is 94.9 cm³/mol. The first-order valence-electron chi connectivity index (χ1n) is 7.90. The van der Waals surface area contributed by atoms with E-state index in [1.165, 1.54) is 0 Å². The molecule has 5 nitrogen and oxygen atoms in total. The summed E-state index contributed by atoms with van der Waals surface area (Å²) >= 11 is 1.65. The van der Waals surface area contributed by atoms with E-state index < -0.39 is 0 Å². The Kier molecular flexibility index (Phi) is 3.82. The van der Waals surface area contributed by atoms with E-state index in [4.69, 9.17) is 0 Å². The molecular weight excluding hydrogens is 320 g/mol. The van der Waals surface area contributed by atoms with Gasteiger partial charge in [0.1, 0.15) is 0 Å². The van der Waals surface area contributed by atoms with Crippen LogP contribution < -0.4 is 0 Å². The van der Waals surface area contributed by atoms with Crippen LogP contribution in [0.1, 0.15) is 36.2 Å². The molecule has 0 spiro atoms. The number of fused-ring (bicyclic) bond motifs is 1. The molecule has 0 saturated heterocycles. The van der Waals surface area contributed by atoms with Crippen LogP contribution in [-0.2, 0) is 4.79 Å². The monoisotopic (exact) mass is 336 g/mol. The molecule has 24 heavy (non-hydrogen) atoms. The van der Waals surface area contributed by atoms with Gasteiger partial charge in [0.2, 0.25) is 5.91 Å². The van der Waals surface area contributed by atoms with E-state index in [-0.39, 0.29) is 11.9 Å². The third-order valence-electron chi connectivity index (χ3n) is 4.15. The van der Waals surface area contributed by atoms with Gasteiger partial charge in [-0.2, -0.15) is 5.10 Å². The lowest BCUT2D eigenvalue weighted by molar-refractivity contribution is -0.132. The Morgan fingerprint density at radius 3 is 2.83 bits per heavy atom. The van der Waals surface area contributed by atoms with Crippen LogP contribution in [0.4, 0.5) is 0 Å². The standard InChI is InChI=1S/C18H16N4OS/c1-2-18(23)22-16(11-15(21-22)17-4-3-9-24-17)12-5-6-13-14(10-12)20-8-7-19-13/h3-10,16H,2,11H2,1H3/t16-/m0/s1. The van der Waals surface area contributed by atoms with Gasteiger partial charge in [0, 0.05) is 25.2 Å². The molecule has 0 N–H and O–H groups in total. The van der Waals surface area contributed by atoms with Crippen molar-refractivity contribution in [2.24, 2.45) is 5.10 Å². The van der Waals surface area contributed by atoms with Gasteiger partial charge in [-0.15, -0.1) is 11.3 Å². The zero-order valence-electron chi connectivity index (χ0n) is 13.2. The minimum absolute atomic E-state index is 0.0331. The largest absolute Gasteiger partial charge is 0.273 e. The van der Waals surface area contributed by atoms with Gasteiger partial charge < -0.3 is 0 Å². The SMILES string of the molecule is CCC(=O)N1N=C(c2cccs2)C[C@H]1c1ccc2nccnc2c1. The lowest BCUT2D eigenvalue weighted by Crippen LogP contribution is -2.26. The Bertz CT molecular complexity index is 920. The van der Waals surface area contributed by atoms with Gasteiger partial charge in [-0.25, -0.2) is 5.01 Å². The van der Waals surface area contributed by atoms with E-state index in [0.717, 1.165) is 33.6 Å². The van der Waals surface area contributed by atoms with Crippen LogP contribution in [0.3, 0.4) is 0 Å². The summed E-state index contributed by atoms with van der Waals surface area (Å²) in [5.74, 6) is 0.0331. The third-order valence-corrected chi connectivity index (χ3v) is 5.07. The molecule has 1 aromatic carbocycles. The lowest BCUT2D eigenvalue weighted by Gasteiger charge is -2.21. The molecule has 0 unspecified atom stereocenters. The van der Waals surface area contributed by atoms with E-state index in [1.54, 1.807) is 28.7 Å². The highest BCUT2D eigenvalue weighted by molar-refractivity contribution is 7.12. The first-order valence-corrected chi connectivity index (χ1v) is 8.78. The summed E-state index contributed by atoms with van der Waals surface area (Å²) in [6, 6.07) is 9.95. The fourth-order valence-electron chi connectivity index (χ4n) is 2.94. The summed E-state index contributed by atoms with van der Waals surface area (Å²) in [7, 11) is 0. The summed E-state index contributed by atoms with van der Waals surface area (Å²) in [6.45, 7) is 1.86. The molecule has 1 atom stereocenters. The number of hydrogen-bond acceptors (Lipinski definition) is 5. The molecule has 120 valence electrons. The Morgan fingerprint density at radius 1 is 1.25 bits per heavy atom. The molecule has 3 aromatic rings. The van der Waals surface area contributed by atoms with E-state index in [9.17, 15) is 4.79 Å². The van der Waals surface area contributed by atoms with Crippen LogP contribution in [0.15, 0.2) is 53.2 Å². The number of thiophene rings is 1. The molecule has 1 aliphatic rings. The number of hydrazone groups is 1. The van der Waals surface area contributed by atoms with Gasteiger partial charge in [-0.1, -0.05) is 19.1 Å². The highest BCUT2D eigenvalue weighted by atomic mass is 32.1. The Labute approximate surface area is 143 Å². The highest BCUT2D eigenvalue weighted by Crippen LogP contribution is 2.34. The lowest BCUT2D eigenvalue weighted by atomic mass is 10.0. The van der Waals surface area contributed by atoms with Gasteiger partial charge >= 0.3 is 0 Å². The van der Waals surface area contributed by atoms with Gasteiger partial charge in [0.05, 0.1) is 27.7 Å². The molecule has 1 aliphatic heterocycles. The van der Waals surface area contributed by atoms with Crippen molar-refractivity contribution >= 4 is 34.0 Å². The quantitative estimate of drug-likeness (QED) is 0.731. The molecule has 0 bridgehead atoms. The van der Waals surface area contributed by atoms with Crippen molar-refractivity contribution in [3.8, 4) is 0 Å². The number of amides is 1. The Balaban J connectivity index is 1.73. The highest BCUT2D eigenvalue weighted by Gasteiger charge is 2.32. The van der Waals surface area contributed by atoms with Crippen LogP contribution in [0.2, 0.25) is 0 Å². The number of benzene rings is 1. The van der Waals surface area contributed by atoms with Crippen molar-refractivity contribution in [1.82, 2.24) is 15.0 Å². The topological polar surface area (TPSA) is 58.5 Å². The molecule has 0 saturated carbocycles. The zero-order valence-corrected chi connectivity index (χ0v) is 14.0. The predicted octanol–water partition coefficient (Wildman–Crippen LogP) is 3.78. The third kappa shape index (κ3) is 2.59. The van der Waals surface area contributed by atoms with Crippen molar-refractivity contribution in [2.75, 3.05) is 0 Å². The average Bonchev–Trinajstić information content (AvgIpc) is 3.30.